The van der Waals surface area contributed by atoms with Crippen molar-refractivity contribution >= 4 is 69.5 Å². The van der Waals surface area contributed by atoms with Crippen molar-refractivity contribution < 1.29 is 4.39 Å². The van der Waals surface area contributed by atoms with Crippen LogP contribution in [-0.4, -0.2) is 9.97 Å². The second kappa shape index (κ2) is 7.62. The Morgan fingerprint density at radius 2 is 1.20 bits per heavy atom. The highest BCUT2D eigenvalue weighted by molar-refractivity contribution is 6.35. The molecule has 0 aliphatic heterocycles. The summed E-state index contributed by atoms with van der Waals surface area (Å²) in [5, 5.41) is 7.45. The number of nitrogens with one attached hydrogen (secondary N) is 2. The summed E-state index contributed by atoms with van der Waals surface area (Å²) in [4.78, 5) is 8.00. The summed E-state index contributed by atoms with van der Waals surface area (Å²) >= 11 is 23.8. The van der Waals surface area contributed by atoms with Crippen molar-refractivity contribution in [3.8, 4) is 0 Å². The summed E-state index contributed by atoms with van der Waals surface area (Å²) in [7, 11) is 0. The third kappa shape index (κ3) is 4.86. The monoisotopic (exact) mass is 416 g/mol. The molecular formula is C16H9Cl4FN4. The van der Waals surface area contributed by atoms with Gasteiger partial charge in [0.1, 0.15) is 0 Å². The molecule has 0 aliphatic carbocycles. The Hall–Kier alpha value is -1.79. The molecule has 0 bridgehead atoms. The number of halogens is 5. The van der Waals surface area contributed by atoms with E-state index in [1.165, 1.54) is 0 Å². The zero-order chi connectivity index (χ0) is 18.0. The Kier molecular flexibility index (Phi) is 5.49. The van der Waals surface area contributed by atoms with Gasteiger partial charge in [0.05, 0.1) is 6.20 Å². The second-order valence-electron chi connectivity index (χ2n) is 4.96. The maximum atomic E-state index is 14.0. The van der Waals surface area contributed by atoms with Crippen LogP contribution in [0.2, 0.25) is 20.1 Å². The molecule has 3 aromatic rings. The fraction of sp³-hybridized carbons (Fsp3) is 0. The highest BCUT2D eigenvalue weighted by Crippen LogP contribution is 2.27. The molecule has 128 valence electrons. The maximum absolute atomic E-state index is 14.0. The van der Waals surface area contributed by atoms with Crippen LogP contribution < -0.4 is 10.6 Å². The lowest BCUT2D eigenvalue weighted by molar-refractivity contribution is 0.619. The number of rotatable bonds is 4. The molecule has 0 aliphatic rings. The van der Waals surface area contributed by atoms with Crippen molar-refractivity contribution in [2.24, 2.45) is 0 Å². The third-order valence-electron chi connectivity index (χ3n) is 2.99. The smallest absolute Gasteiger partial charge is 0.229 e. The molecule has 9 heteroatoms. The summed E-state index contributed by atoms with van der Waals surface area (Å²) in [5.41, 5.74) is 1.06. The van der Waals surface area contributed by atoms with E-state index in [0.717, 1.165) is 6.20 Å². The lowest BCUT2D eigenvalue weighted by Gasteiger charge is -2.10. The molecule has 1 heterocycles. The molecule has 2 N–H and O–H groups in total. The van der Waals surface area contributed by atoms with E-state index < -0.39 is 5.82 Å². The fourth-order valence-electron chi connectivity index (χ4n) is 2.03. The zero-order valence-corrected chi connectivity index (χ0v) is 15.3. The normalized spacial score (nSPS) is 10.6. The van der Waals surface area contributed by atoms with Crippen LogP contribution in [0.15, 0.2) is 42.6 Å². The van der Waals surface area contributed by atoms with E-state index in [1.54, 1.807) is 36.4 Å². The van der Waals surface area contributed by atoms with Crippen LogP contribution in [-0.2, 0) is 0 Å². The number of nitrogens with zero attached hydrogens (tertiary/aromatic N) is 2. The van der Waals surface area contributed by atoms with Crippen molar-refractivity contribution in [2.45, 2.75) is 0 Å². The lowest BCUT2D eigenvalue weighted by Crippen LogP contribution is -2.03. The zero-order valence-electron chi connectivity index (χ0n) is 12.3. The average Bonchev–Trinajstić information content (AvgIpc) is 2.48. The molecule has 0 fully saturated rings. The van der Waals surface area contributed by atoms with Crippen LogP contribution in [0.25, 0.3) is 0 Å². The molecule has 0 saturated heterocycles. The van der Waals surface area contributed by atoms with Gasteiger partial charge in [-0.15, -0.1) is 0 Å². The number of benzene rings is 2. The number of aromatic nitrogens is 2. The SMILES string of the molecule is Fc1cnc(Nc2cc(Cl)cc(Cl)c2)nc1Nc1cc(Cl)cc(Cl)c1. The van der Waals surface area contributed by atoms with Crippen LogP contribution in [0.5, 0.6) is 0 Å². The van der Waals surface area contributed by atoms with Gasteiger partial charge in [0.25, 0.3) is 0 Å². The molecule has 3 rings (SSSR count). The minimum absolute atomic E-state index is 0.0380. The van der Waals surface area contributed by atoms with E-state index in [0.29, 0.717) is 31.5 Å². The Morgan fingerprint density at radius 1 is 0.720 bits per heavy atom. The molecule has 0 spiro atoms. The van der Waals surface area contributed by atoms with Crippen LogP contribution >= 0.6 is 46.4 Å². The van der Waals surface area contributed by atoms with Gasteiger partial charge in [-0.05, 0) is 36.4 Å². The number of hydrogen-bond acceptors (Lipinski definition) is 4. The standard InChI is InChI=1S/C16H9Cl4FN4/c17-8-1-9(18)4-12(3-8)23-15-14(21)7-22-16(25-15)24-13-5-10(19)2-11(20)6-13/h1-7H,(H2,22,23,24,25). The molecule has 0 unspecified atom stereocenters. The van der Waals surface area contributed by atoms with Gasteiger partial charge in [-0.3, -0.25) is 0 Å². The van der Waals surface area contributed by atoms with Gasteiger partial charge in [0, 0.05) is 31.5 Å². The molecule has 1 aromatic heterocycles. The van der Waals surface area contributed by atoms with Gasteiger partial charge in [-0.2, -0.15) is 4.98 Å². The highest BCUT2D eigenvalue weighted by atomic mass is 35.5. The molecule has 4 nitrogen and oxygen atoms in total. The maximum Gasteiger partial charge on any atom is 0.229 e. The van der Waals surface area contributed by atoms with E-state index in [9.17, 15) is 4.39 Å². The minimum Gasteiger partial charge on any atom is -0.338 e. The van der Waals surface area contributed by atoms with E-state index in [-0.39, 0.29) is 11.8 Å². The van der Waals surface area contributed by atoms with Gasteiger partial charge in [-0.1, -0.05) is 46.4 Å². The quantitative estimate of drug-likeness (QED) is 0.494. The molecule has 25 heavy (non-hydrogen) atoms. The van der Waals surface area contributed by atoms with Crippen molar-refractivity contribution in [1.82, 2.24) is 9.97 Å². The van der Waals surface area contributed by atoms with Crippen molar-refractivity contribution in [3.63, 3.8) is 0 Å². The first-order valence-corrected chi connectivity index (χ1v) is 8.39. The largest absolute Gasteiger partial charge is 0.338 e. The second-order valence-corrected chi connectivity index (χ2v) is 6.70. The first-order valence-electron chi connectivity index (χ1n) is 6.88. The van der Waals surface area contributed by atoms with E-state index in [4.69, 9.17) is 46.4 Å². The van der Waals surface area contributed by atoms with Gasteiger partial charge in [0.15, 0.2) is 11.6 Å². The third-order valence-corrected chi connectivity index (χ3v) is 3.86. The first kappa shape index (κ1) is 18.0. The van der Waals surface area contributed by atoms with Gasteiger partial charge in [0.2, 0.25) is 5.95 Å². The average molecular weight is 418 g/mol. The molecule has 0 atom stereocenters. The summed E-state index contributed by atoms with van der Waals surface area (Å²) in [6.07, 6.45) is 1.04. The molecule has 0 amide bonds. The van der Waals surface area contributed by atoms with Gasteiger partial charge in [-0.25, -0.2) is 9.37 Å². The summed E-state index contributed by atoms with van der Waals surface area (Å²) in [5.74, 6) is -0.509. The van der Waals surface area contributed by atoms with Crippen LogP contribution in [0.4, 0.5) is 27.5 Å². The van der Waals surface area contributed by atoms with Crippen molar-refractivity contribution in [2.75, 3.05) is 10.6 Å². The Morgan fingerprint density at radius 3 is 1.72 bits per heavy atom. The summed E-state index contributed by atoms with van der Waals surface area (Å²) in [6.45, 7) is 0. The molecule has 0 radical (unpaired) electrons. The van der Waals surface area contributed by atoms with Crippen LogP contribution in [0.1, 0.15) is 0 Å². The fourth-order valence-corrected chi connectivity index (χ4v) is 3.08. The van der Waals surface area contributed by atoms with Gasteiger partial charge >= 0.3 is 0 Å². The Balaban J connectivity index is 1.87. The molecular weight excluding hydrogens is 409 g/mol. The highest BCUT2D eigenvalue weighted by Gasteiger charge is 2.09. The van der Waals surface area contributed by atoms with E-state index in [2.05, 4.69) is 20.6 Å². The first-order chi connectivity index (χ1) is 11.9. The Labute approximate surface area is 162 Å². The van der Waals surface area contributed by atoms with Crippen LogP contribution in [0.3, 0.4) is 0 Å². The van der Waals surface area contributed by atoms with Crippen LogP contribution in [0, 0.1) is 5.82 Å². The van der Waals surface area contributed by atoms with E-state index in [1.807, 2.05) is 0 Å². The van der Waals surface area contributed by atoms with Gasteiger partial charge < -0.3 is 10.6 Å². The lowest BCUT2D eigenvalue weighted by atomic mass is 10.3. The van der Waals surface area contributed by atoms with Crippen molar-refractivity contribution in [1.29, 1.82) is 0 Å². The topological polar surface area (TPSA) is 49.8 Å². The van der Waals surface area contributed by atoms with Crippen molar-refractivity contribution in [3.05, 3.63) is 68.5 Å². The minimum atomic E-state index is -0.634. The van der Waals surface area contributed by atoms with E-state index >= 15 is 0 Å². The number of anilines is 4. The summed E-state index contributed by atoms with van der Waals surface area (Å²) < 4.78 is 14.0. The Bertz CT molecular complexity index is 896. The predicted octanol–water partition coefficient (Wildman–Crippen LogP) is 6.72. The predicted molar refractivity (Wildman–Crippen MR) is 101 cm³/mol. The number of hydrogen-bond donors (Lipinski definition) is 2. The molecule has 2 aromatic carbocycles. The molecule has 0 saturated carbocycles. The summed E-state index contributed by atoms with van der Waals surface area (Å²) in [6, 6.07) is 9.64.